The minimum atomic E-state index is -0.799. The highest BCUT2D eigenvalue weighted by Crippen LogP contribution is 2.16. The highest BCUT2D eigenvalue weighted by Gasteiger charge is 2.09. The van der Waals surface area contributed by atoms with E-state index in [9.17, 15) is 14.4 Å². The molecule has 2 N–H and O–H groups in total. The van der Waals surface area contributed by atoms with E-state index in [0.717, 1.165) is 15.6 Å². The Hall–Kier alpha value is -3.91. The standard InChI is InChI=1S/C26H23BrN2O5/c1-2-33-26(32)34-23-12-10-20(11-13-23)25(31)29-22-8-4-6-19(16-22)17-28-24(30)14-9-18-5-3-7-21(27)15-18/h3-16H,2,17H2,1H3,(H,28,30)(H,29,31)/b14-9+. The molecule has 0 atom stereocenters. The zero-order valence-electron chi connectivity index (χ0n) is 18.4. The van der Waals surface area contributed by atoms with Gasteiger partial charge in [-0.25, -0.2) is 4.79 Å². The SMILES string of the molecule is CCOC(=O)Oc1ccc(C(=O)Nc2cccc(CNC(=O)/C=C/c3cccc(Br)c3)c2)cc1. The molecule has 0 saturated carbocycles. The highest BCUT2D eigenvalue weighted by molar-refractivity contribution is 9.10. The molecule has 8 heteroatoms. The van der Waals surface area contributed by atoms with Crippen LogP contribution in [0.1, 0.15) is 28.4 Å². The molecule has 7 nitrogen and oxygen atoms in total. The van der Waals surface area contributed by atoms with Gasteiger partial charge in [0, 0.05) is 28.3 Å². The van der Waals surface area contributed by atoms with E-state index in [1.807, 2.05) is 30.3 Å². The normalized spacial score (nSPS) is 10.5. The average molecular weight is 523 g/mol. The number of amides is 2. The number of carbonyl (C=O) groups excluding carboxylic acids is 3. The molecule has 0 unspecified atom stereocenters. The Morgan fingerprint density at radius 1 is 0.971 bits per heavy atom. The van der Waals surface area contributed by atoms with Gasteiger partial charge in [0.15, 0.2) is 0 Å². The van der Waals surface area contributed by atoms with E-state index >= 15 is 0 Å². The van der Waals surface area contributed by atoms with E-state index in [-0.39, 0.29) is 24.2 Å². The zero-order chi connectivity index (χ0) is 24.3. The smallest absolute Gasteiger partial charge is 0.434 e. The summed E-state index contributed by atoms with van der Waals surface area (Å²) in [6.45, 7) is 2.20. The van der Waals surface area contributed by atoms with Crippen molar-refractivity contribution in [3.8, 4) is 5.75 Å². The third-order valence-electron chi connectivity index (χ3n) is 4.51. The molecule has 0 saturated heterocycles. The molecule has 0 aliphatic carbocycles. The van der Waals surface area contributed by atoms with Crippen LogP contribution in [0.2, 0.25) is 0 Å². The average Bonchev–Trinajstić information content (AvgIpc) is 2.82. The van der Waals surface area contributed by atoms with Gasteiger partial charge < -0.3 is 20.1 Å². The number of ether oxygens (including phenoxy) is 2. The van der Waals surface area contributed by atoms with Gasteiger partial charge in [-0.2, -0.15) is 0 Å². The lowest BCUT2D eigenvalue weighted by Crippen LogP contribution is -2.20. The summed E-state index contributed by atoms with van der Waals surface area (Å²) in [5.74, 6) is -0.262. The molecule has 0 spiro atoms. The van der Waals surface area contributed by atoms with Crippen LogP contribution in [0.3, 0.4) is 0 Å². The van der Waals surface area contributed by atoms with Gasteiger partial charge >= 0.3 is 6.16 Å². The molecule has 2 amide bonds. The summed E-state index contributed by atoms with van der Waals surface area (Å²) in [5.41, 5.74) is 2.73. The van der Waals surface area contributed by atoms with Gasteiger partial charge in [-0.05, 0) is 72.7 Å². The van der Waals surface area contributed by atoms with Crippen molar-refractivity contribution in [2.45, 2.75) is 13.5 Å². The van der Waals surface area contributed by atoms with E-state index in [1.165, 1.54) is 18.2 Å². The Morgan fingerprint density at radius 3 is 2.47 bits per heavy atom. The minimum absolute atomic E-state index is 0.213. The highest BCUT2D eigenvalue weighted by atomic mass is 79.9. The lowest BCUT2D eigenvalue weighted by molar-refractivity contribution is -0.116. The number of hydrogen-bond acceptors (Lipinski definition) is 5. The van der Waals surface area contributed by atoms with Crippen molar-refractivity contribution in [2.24, 2.45) is 0 Å². The van der Waals surface area contributed by atoms with Crippen molar-refractivity contribution >= 4 is 45.7 Å². The van der Waals surface area contributed by atoms with Crippen LogP contribution in [-0.4, -0.2) is 24.6 Å². The fraction of sp³-hybridized carbons (Fsp3) is 0.115. The van der Waals surface area contributed by atoms with Gasteiger partial charge in [-0.1, -0.05) is 40.2 Å². The van der Waals surface area contributed by atoms with E-state index in [2.05, 4.69) is 26.6 Å². The predicted octanol–water partition coefficient (Wildman–Crippen LogP) is 5.57. The lowest BCUT2D eigenvalue weighted by Gasteiger charge is -2.09. The van der Waals surface area contributed by atoms with Crippen LogP contribution in [-0.2, 0) is 16.1 Å². The first-order valence-electron chi connectivity index (χ1n) is 10.5. The minimum Gasteiger partial charge on any atom is -0.434 e. The predicted molar refractivity (Wildman–Crippen MR) is 134 cm³/mol. The molecule has 0 heterocycles. The molecule has 0 fully saturated rings. The molecule has 0 bridgehead atoms. The van der Waals surface area contributed by atoms with Crippen LogP contribution in [0.4, 0.5) is 10.5 Å². The maximum Gasteiger partial charge on any atom is 0.513 e. The van der Waals surface area contributed by atoms with Crippen LogP contribution in [0, 0.1) is 0 Å². The fourth-order valence-corrected chi connectivity index (χ4v) is 3.33. The van der Waals surface area contributed by atoms with E-state index in [4.69, 9.17) is 9.47 Å². The fourth-order valence-electron chi connectivity index (χ4n) is 2.91. The molecule has 0 aromatic heterocycles. The number of carbonyl (C=O) groups is 3. The number of hydrogen-bond donors (Lipinski definition) is 2. The Bertz CT molecular complexity index is 1190. The molecular weight excluding hydrogens is 500 g/mol. The van der Waals surface area contributed by atoms with Crippen LogP contribution in [0.25, 0.3) is 6.08 Å². The second-order valence-corrected chi connectivity index (χ2v) is 7.99. The second-order valence-electron chi connectivity index (χ2n) is 7.07. The van der Waals surface area contributed by atoms with Gasteiger partial charge in [0.1, 0.15) is 5.75 Å². The first-order valence-corrected chi connectivity index (χ1v) is 11.3. The summed E-state index contributed by atoms with van der Waals surface area (Å²) in [6.07, 6.45) is 2.41. The molecule has 3 aromatic rings. The van der Waals surface area contributed by atoms with Gasteiger partial charge in [0.2, 0.25) is 5.91 Å². The molecule has 0 radical (unpaired) electrons. The topological polar surface area (TPSA) is 93.7 Å². The summed E-state index contributed by atoms with van der Waals surface area (Å²) in [7, 11) is 0. The van der Waals surface area contributed by atoms with Crippen molar-refractivity contribution in [2.75, 3.05) is 11.9 Å². The van der Waals surface area contributed by atoms with Crippen LogP contribution in [0.5, 0.6) is 5.75 Å². The molecule has 0 aliphatic heterocycles. The number of anilines is 1. The Morgan fingerprint density at radius 2 is 1.74 bits per heavy atom. The molecule has 0 aliphatic rings. The summed E-state index contributed by atoms with van der Waals surface area (Å²) in [6, 6.07) is 20.9. The molecule has 3 rings (SSSR count). The lowest BCUT2D eigenvalue weighted by atomic mass is 10.1. The summed E-state index contributed by atoms with van der Waals surface area (Å²) in [5, 5.41) is 5.64. The number of rotatable bonds is 8. The number of nitrogens with one attached hydrogen (secondary N) is 2. The van der Waals surface area contributed by atoms with E-state index < -0.39 is 6.16 Å². The van der Waals surface area contributed by atoms with Crippen molar-refractivity contribution < 1.29 is 23.9 Å². The van der Waals surface area contributed by atoms with Gasteiger partial charge in [-0.15, -0.1) is 0 Å². The van der Waals surface area contributed by atoms with Gasteiger partial charge in [0.25, 0.3) is 5.91 Å². The summed E-state index contributed by atoms with van der Waals surface area (Å²) < 4.78 is 10.6. The second kappa shape index (κ2) is 12.4. The summed E-state index contributed by atoms with van der Waals surface area (Å²) >= 11 is 3.40. The third-order valence-corrected chi connectivity index (χ3v) is 5.00. The van der Waals surface area contributed by atoms with Crippen LogP contribution >= 0.6 is 15.9 Å². The van der Waals surface area contributed by atoms with Crippen molar-refractivity contribution in [3.05, 3.63) is 100 Å². The number of benzene rings is 3. The summed E-state index contributed by atoms with van der Waals surface area (Å²) in [4.78, 5) is 36.0. The number of halogens is 1. The van der Waals surface area contributed by atoms with Crippen molar-refractivity contribution in [3.63, 3.8) is 0 Å². The van der Waals surface area contributed by atoms with E-state index in [1.54, 1.807) is 43.3 Å². The Labute approximate surface area is 205 Å². The van der Waals surface area contributed by atoms with Crippen molar-refractivity contribution in [1.29, 1.82) is 0 Å². The first-order chi connectivity index (χ1) is 16.4. The largest absolute Gasteiger partial charge is 0.513 e. The third kappa shape index (κ3) is 7.90. The Kier molecular flexibility index (Phi) is 8.99. The Balaban J connectivity index is 1.53. The maximum absolute atomic E-state index is 12.5. The van der Waals surface area contributed by atoms with E-state index in [0.29, 0.717) is 17.8 Å². The van der Waals surface area contributed by atoms with Gasteiger partial charge in [0.05, 0.1) is 6.61 Å². The molecule has 34 heavy (non-hydrogen) atoms. The molecular formula is C26H23BrN2O5. The van der Waals surface area contributed by atoms with Crippen LogP contribution < -0.4 is 15.4 Å². The first kappa shape index (κ1) is 24.7. The monoisotopic (exact) mass is 522 g/mol. The zero-order valence-corrected chi connectivity index (χ0v) is 20.0. The van der Waals surface area contributed by atoms with Crippen molar-refractivity contribution in [1.82, 2.24) is 5.32 Å². The van der Waals surface area contributed by atoms with Gasteiger partial charge in [-0.3, -0.25) is 9.59 Å². The molecule has 3 aromatic carbocycles. The molecule has 174 valence electrons. The maximum atomic E-state index is 12.5. The quantitative estimate of drug-likeness (QED) is 0.229. The van der Waals surface area contributed by atoms with Crippen LogP contribution in [0.15, 0.2) is 83.3 Å².